The first kappa shape index (κ1) is 17.8. The summed E-state index contributed by atoms with van der Waals surface area (Å²) >= 11 is 0. The molecule has 0 spiro atoms. The minimum absolute atomic E-state index is 0.00686. The van der Waals surface area contributed by atoms with Gasteiger partial charge in [-0.25, -0.2) is 0 Å². The van der Waals surface area contributed by atoms with Crippen molar-refractivity contribution >= 4 is 5.97 Å². The molecule has 1 aliphatic rings. The van der Waals surface area contributed by atoms with Crippen LogP contribution in [-0.4, -0.2) is 38.8 Å². The van der Waals surface area contributed by atoms with Crippen molar-refractivity contribution in [2.24, 2.45) is 5.92 Å². The van der Waals surface area contributed by atoms with Crippen LogP contribution in [0.5, 0.6) is 5.75 Å². The van der Waals surface area contributed by atoms with E-state index in [1.54, 1.807) is 0 Å². The highest BCUT2D eigenvalue weighted by atomic mass is 16.5. The smallest absolute Gasteiger partial charge is 0.314 e. The van der Waals surface area contributed by atoms with E-state index in [0.717, 1.165) is 51.1 Å². The molecule has 2 rings (SSSR count). The molecule has 1 aromatic carbocycles. The van der Waals surface area contributed by atoms with Crippen LogP contribution >= 0.6 is 0 Å². The molecular weight excluding hydrogens is 290 g/mol. The van der Waals surface area contributed by atoms with Gasteiger partial charge in [-0.3, -0.25) is 4.79 Å². The maximum Gasteiger partial charge on any atom is 0.314 e. The number of unbranched alkanes of at least 4 members (excludes halogenated alkanes) is 1. The molecule has 0 amide bonds. The summed E-state index contributed by atoms with van der Waals surface area (Å²) in [5, 5.41) is 0. The van der Waals surface area contributed by atoms with E-state index >= 15 is 0 Å². The summed E-state index contributed by atoms with van der Waals surface area (Å²) in [6.45, 7) is 8.42. The summed E-state index contributed by atoms with van der Waals surface area (Å²) in [5.41, 5.74) is 1.19. The van der Waals surface area contributed by atoms with Gasteiger partial charge >= 0.3 is 5.97 Å². The van der Waals surface area contributed by atoms with Gasteiger partial charge in [-0.15, -0.1) is 0 Å². The summed E-state index contributed by atoms with van der Waals surface area (Å²) in [6, 6.07) is 8.13. The average Bonchev–Trinajstić information content (AvgIpc) is 2.57. The fourth-order valence-corrected chi connectivity index (χ4v) is 3.22. The Morgan fingerprint density at radius 3 is 2.91 bits per heavy atom. The number of carbonyl (C=O) groups is 1. The fourth-order valence-electron chi connectivity index (χ4n) is 3.22. The molecule has 1 saturated heterocycles. The predicted octanol–water partition coefficient (Wildman–Crippen LogP) is 2.01. The normalized spacial score (nSPS) is 21.0. The number of hydrogen-bond acceptors (Lipinski definition) is 3. The third-order valence-corrected chi connectivity index (χ3v) is 4.51. The van der Waals surface area contributed by atoms with E-state index in [1.165, 1.54) is 17.0 Å². The Morgan fingerprint density at radius 2 is 2.13 bits per heavy atom. The van der Waals surface area contributed by atoms with Crippen LogP contribution in [0.1, 0.15) is 38.2 Å². The van der Waals surface area contributed by atoms with E-state index < -0.39 is 0 Å². The third-order valence-electron chi connectivity index (χ3n) is 4.51. The number of benzene rings is 1. The van der Waals surface area contributed by atoms with E-state index in [4.69, 9.17) is 9.47 Å². The highest BCUT2D eigenvalue weighted by Crippen LogP contribution is 2.16. The number of carbonyl (C=O) groups excluding carboxylic acids is 1. The van der Waals surface area contributed by atoms with E-state index in [9.17, 15) is 4.79 Å². The van der Waals surface area contributed by atoms with Crippen LogP contribution in [0.4, 0.5) is 0 Å². The molecular formula is C19H30NO3+. The highest BCUT2D eigenvalue weighted by Gasteiger charge is 2.29. The summed E-state index contributed by atoms with van der Waals surface area (Å²) in [7, 11) is 0. The SMILES string of the molecule is CCOC(=O)[C@@H]1CCC[NH+](CCCCOc2ccccc2C)C1. The molecule has 4 heteroatoms. The van der Waals surface area contributed by atoms with Crippen molar-refractivity contribution < 1.29 is 19.2 Å². The Morgan fingerprint density at radius 1 is 1.30 bits per heavy atom. The van der Waals surface area contributed by atoms with Crippen LogP contribution in [0.3, 0.4) is 0 Å². The summed E-state index contributed by atoms with van der Waals surface area (Å²) in [6.07, 6.45) is 4.30. The molecule has 0 bridgehead atoms. The van der Waals surface area contributed by atoms with E-state index in [0.29, 0.717) is 6.61 Å². The first-order valence-corrected chi connectivity index (χ1v) is 8.89. The molecule has 0 aliphatic carbocycles. The zero-order chi connectivity index (χ0) is 16.5. The monoisotopic (exact) mass is 320 g/mol. The number of para-hydroxylation sites is 1. The summed E-state index contributed by atoms with van der Waals surface area (Å²) in [4.78, 5) is 13.4. The predicted molar refractivity (Wildman–Crippen MR) is 90.8 cm³/mol. The van der Waals surface area contributed by atoms with Crippen LogP contribution in [0.2, 0.25) is 0 Å². The maximum atomic E-state index is 11.9. The quantitative estimate of drug-likeness (QED) is 0.588. The number of rotatable bonds is 8. The Labute approximate surface area is 139 Å². The van der Waals surface area contributed by atoms with Crippen molar-refractivity contribution in [3.05, 3.63) is 29.8 Å². The summed E-state index contributed by atoms with van der Waals surface area (Å²) < 4.78 is 11.0. The van der Waals surface area contributed by atoms with Crippen molar-refractivity contribution in [1.29, 1.82) is 0 Å². The highest BCUT2D eigenvalue weighted by molar-refractivity contribution is 5.72. The Balaban J connectivity index is 1.62. The molecule has 1 heterocycles. The van der Waals surface area contributed by atoms with Crippen LogP contribution < -0.4 is 9.64 Å². The molecule has 128 valence electrons. The zero-order valence-electron chi connectivity index (χ0n) is 14.5. The fraction of sp³-hybridized carbons (Fsp3) is 0.632. The number of aryl methyl sites for hydroxylation is 1. The number of likely N-dealkylation sites (tertiary alicyclic amines) is 1. The second kappa shape index (κ2) is 9.56. The van der Waals surface area contributed by atoms with Gasteiger partial charge in [0, 0.05) is 0 Å². The van der Waals surface area contributed by atoms with Gasteiger partial charge in [0.25, 0.3) is 0 Å². The molecule has 0 radical (unpaired) electrons. The Kier molecular flexibility index (Phi) is 7.40. The number of piperidine rings is 1. The van der Waals surface area contributed by atoms with Crippen LogP contribution in [0.15, 0.2) is 24.3 Å². The molecule has 1 unspecified atom stereocenters. The lowest BCUT2D eigenvalue weighted by atomic mass is 9.98. The molecule has 1 aliphatic heterocycles. The van der Waals surface area contributed by atoms with Gasteiger partial charge in [-0.2, -0.15) is 0 Å². The largest absolute Gasteiger partial charge is 0.493 e. The van der Waals surface area contributed by atoms with Gasteiger partial charge in [0.05, 0.1) is 32.8 Å². The Bertz CT molecular complexity index is 489. The van der Waals surface area contributed by atoms with Crippen molar-refractivity contribution in [2.45, 2.75) is 39.5 Å². The van der Waals surface area contributed by atoms with Crippen molar-refractivity contribution in [2.75, 3.05) is 32.8 Å². The summed E-state index contributed by atoms with van der Waals surface area (Å²) in [5.74, 6) is 1.08. The second-order valence-corrected chi connectivity index (χ2v) is 6.37. The first-order valence-electron chi connectivity index (χ1n) is 8.89. The van der Waals surface area contributed by atoms with E-state index in [1.807, 2.05) is 25.1 Å². The van der Waals surface area contributed by atoms with Crippen molar-refractivity contribution in [3.63, 3.8) is 0 Å². The number of hydrogen-bond donors (Lipinski definition) is 1. The van der Waals surface area contributed by atoms with E-state index in [-0.39, 0.29) is 11.9 Å². The lowest BCUT2D eigenvalue weighted by Crippen LogP contribution is -3.13. The maximum absolute atomic E-state index is 11.9. The lowest BCUT2D eigenvalue weighted by molar-refractivity contribution is -0.907. The number of quaternary nitrogens is 1. The number of nitrogens with one attached hydrogen (secondary N) is 1. The van der Waals surface area contributed by atoms with Crippen molar-refractivity contribution in [3.8, 4) is 5.75 Å². The molecule has 4 nitrogen and oxygen atoms in total. The van der Waals surface area contributed by atoms with Gasteiger partial charge in [0.2, 0.25) is 0 Å². The standard InChI is InChI=1S/C19H29NO3/c1-3-22-19(21)17-10-8-13-20(15-17)12-6-7-14-23-18-11-5-4-9-16(18)2/h4-5,9,11,17H,3,6-8,10,12-15H2,1-2H3/p+1/t17-/m1/s1. The van der Waals surface area contributed by atoms with Crippen LogP contribution in [0, 0.1) is 12.8 Å². The lowest BCUT2D eigenvalue weighted by Gasteiger charge is -2.28. The number of esters is 1. The molecule has 0 saturated carbocycles. The van der Waals surface area contributed by atoms with Gasteiger partial charge in [0.1, 0.15) is 11.7 Å². The minimum atomic E-state index is -0.00686. The second-order valence-electron chi connectivity index (χ2n) is 6.37. The zero-order valence-corrected chi connectivity index (χ0v) is 14.5. The van der Waals surface area contributed by atoms with Gasteiger partial charge in [0.15, 0.2) is 0 Å². The Hall–Kier alpha value is -1.55. The van der Waals surface area contributed by atoms with Gasteiger partial charge in [-0.1, -0.05) is 18.2 Å². The first-order chi connectivity index (χ1) is 11.2. The van der Waals surface area contributed by atoms with Crippen LogP contribution in [-0.2, 0) is 9.53 Å². The third kappa shape index (κ3) is 5.87. The molecule has 2 atom stereocenters. The van der Waals surface area contributed by atoms with Gasteiger partial charge < -0.3 is 14.4 Å². The molecule has 0 aromatic heterocycles. The molecule has 23 heavy (non-hydrogen) atoms. The van der Waals surface area contributed by atoms with E-state index in [2.05, 4.69) is 13.0 Å². The topological polar surface area (TPSA) is 40.0 Å². The minimum Gasteiger partial charge on any atom is -0.493 e. The average molecular weight is 320 g/mol. The molecule has 1 aromatic rings. The molecule has 1 N–H and O–H groups in total. The van der Waals surface area contributed by atoms with Gasteiger partial charge in [-0.05, 0) is 51.2 Å². The van der Waals surface area contributed by atoms with Crippen LogP contribution in [0.25, 0.3) is 0 Å². The number of ether oxygens (including phenoxy) is 2. The van der Waals surface area contributed by atoms with Crippen molar-refractivity contribution in [1.82, 2.24) is 0 Å². The molecule has 1 fully saturated rings.